The zero-order valence-corrected chi connectivity index (χ0v) is 30.7. The molecular weight excluding hydrogens is 564 g/mol. The van der Waals surface area contributed by atoms with Gasteiger partial charge in [0.05, 0.1) is 13.1 Å². The smallest absolute Gasteiger partial charge is 0.305 e. The van der Waals surface area contributed by atoms with Crippen LogP contribution in [0.1, 0.15) is 181 Å². The molecule has 0 N–H and O–H groups in total. The van der Waals surface area contributed by atoms with Crippen molar-refractivity contribution >= 4 is 18.3 Å². The predicted molar refractivity (Wildman–Crippen MR) is 191 cm³/mol. The summed E-state index contributed by atoms with van der Waals surface area (Å²) in [5.41, 5.74) is 0. The van der Waals surface area contributed by atoms with Crippen LogP contribution in [-0.4, -0.2) is 75.1 Å². The number of carbonyl (C=O) groups excluding carboxylic acids is 3. The molecule has 0 aliphatic rings. The fourth-order valence-corrected chi connectivity index (χ4v) is 5.24. The van der Waals surface area contributed by atoms with Gasteiger partial charge in [-0.3, -0.25) is 14.4 Å². The van der Waals surface area contributed by atoms with E-state index in [9.17, 15) is 14.4 Å². The van der Waals surface area contributed by atoms with Crippen molar-refractivity contribution in [3.05, 3.63) is 0 Å². The van der Waals surface area contributed by atoms with Gasteiger partial charge in [0.15, 0.2) is 0 Å². The van der Waals surface area contributed by atoms with Gasteiger partial charge in [0.2, 0.25) is 5.91 Å². The highest BCUT2D eigenvalue weighted by Gasteiger charge is 2.14. The minimum atomic E-state index is -0.208. The van der Waals surface area contributed by atoms with Crippen molar-refractivity contribution in [2.45, 2.75) is 181 Å². The van der Waals surface area contributed by atoms with E-state index in [-0.39, 0.29) is 25.1 Å². The maximum atomic E-state index is 12.3. The normalized spacial score (nSPS) is 10.8. The highest BCUT2D eigenvalue weighted by atomic mass is 16.5. The van der Waals surface area contributed by atoms with Crippen LogP contribution in [0.2, 0.25) is 0 Å². The van der Waals surface area contributed by atoms with Crippen LogP contribution in [0.3, 0.4) is 0 Å². The third-order valence-corrected chi connectivity index (χ3v) is 8.24. The molecule has 0 aliphatic carbocycles. The summed E-state index contributed by atoms with van der Waals surface area (Å²) in [5.74, 6) is -0.245. The molecule has 0 aromatic rings. The summed E-state index contributed by atoms with van der Waals surface area (Å²) in [7, 11) is 3.81. The van der Waals surface area contributed by atoms with Crippen LogP contribution in [0.5, 0.6) is 0 Å². The Hall–Kier alpha value is -1.63. The van der Waals surface area contributed by atoms with Gasteiger partial charge in [-0.2, -0.15) is 0 Å². The quantitative estimate of drug-likeness (QED) is 0.0404. The summed E-state index contributed by atoms with van der Waals surface area (Å²) >= 11 is 0. The van der Waals surface area contributed by atoms with E-state index in [4.69, 9.17) is 9.47 Å². The average molecular weight is 641 g/mol. The van der Waals surface area contributed by atoms with Crippen molar-refractivity contribution in [1.82, 2.24) is 9.80 Å². The van der Waals surface area contributed by atoms with E-state index in [0.717, 1.165) is 12.8 Å². The molecule has 7 nitrogen and oxygen atoms in total. The van der Waals surface area contributed by atoms with Gasteiger partial charge in [-0.25, -0.2) is 0 Å². The maximum absolute atomic E-state index is 12.3. The summed E-state index contributed by atoms with van der Waals surface area (Å²) in [4.78, 5) is 38.1. The molecular formula is C38H76N2O5. The third kappa shape index (κ3) is 38.5. The van der Waals surface area contributed by atoms with Crippen molar-refractivity contribution in [3.8, 4) is 0 Å². The summed E-state index contributed by atoms with van der Waals surface area (Å²) in [6.07, 6.45) is 31.9. The molecule has 0 aromatic carbocycles. The lowest BCUT2D eigenvalue weighted by Crippen LogP contribution is -2.38. The van der Waals surface area contributed by atoms with E-state index >= 15 is 0 Å². The standard InChI is InChI=1S/C24H46N2O5.C14H30/c1-4-5-6-7-8-9-10-11-12-13-14-15-24(29)31-21-19-26(18-20-30-22-27)23(28)16-17-25(2)3;1-3-5-7-9-11-13-14-12-10-8-6-4-2/h22H,4-21H2,1-3H3;3-14H2,1-2H3. The predicted octanol–water partition coefficient (Wildman–Crippen LogP) is 9.89. The van der Waals surface area contributed by atoms with Gasteiger partial charge in [0.1, 0.15) is 13.2 Å². The molecule has 7 heteroatoms. The largest absolute Gasteiger partial charge is 0.466 e. The molecule has 0 saturated heterocycles. The highest BCUT2D eigenvalue weighted by Crippen LogP contribution is 2.13. The SMILES string of the molecule is CCCCCCCCCCCCCC.CCCCCCCCCCCCCC(=O)OCCN(CCOC=O)C(=O)CCN(C)C. The molecule has 0 saturated carbocycles. The molecule has 268 valence electrons. The molecule has 0 fully saturated rings. The molecule has 1 amide bonds. The Labute approximate surface area is 279 Å². The number of carbonyl (C=O) groups is 3. The van der Waals surface area contributed by atoms with Crippen LogP contribution in [0, 0.1) is 0 Å². The van der Waals surface area contributed by atoms with E-state index in [2.05, 4.69) is 20.8 Å². The molecule has 0 radical (unpaired) electrons. The lowest BCUT2D eigenvalue weighted by atomic mass is 10.1. The Morgan fingerprint density at radius 3 is 1.27 bits per heavy atom. The summed E-state index contributed by atoms with van der Waals surface area (Å²) in [6, 6.07) is 0. The number of esters is 1. The second kappa shape index (κ2) is 38.6. The molecule has 0 heterocycles. The van der Waals surface area contributed by atoms with Gasteiger partial charge in [-0.05, 0) is 20.5 Å². The Kier molecular flexibility index (Phi) is 39.0. The second-order valence-electron chi connectivity index (χ2n) is 12.9. The van der Waals surface area contributed by atoms with Crippen LogP contribution in [0.25, 0.3) is 0 Å². The van der Waals surface area contributed by atoms with E-state index in [1.54, 1.807) is 4.90 Å². The van der Waals surface area contributed by atoms with E-state index in [0.29, 0.717) is 38.9 Å². The molecule has 0 bridgehead atoms. The van der Waals surface area contributed by atoms with Crippen LogP contribution in [-0.2, 0) is 23.9 Å². The number of nitrogens with zero attached hydrogens (tertiary/aromatic N) is 2. The number of rotatable bonds is 33. The van der Waals surface area contributed by atoms with Crippen molar-refractivity contribution in [2.75, 3.05) is 46.9 Å². The lowest BCUT2D eigenvalue weighted by molar-refractivity contribution is -0.146. The maximum Gasteiger partial charge on any atom is 0.305 e. The van der Waals surface area contributed by atoms with Gasteiger partial charge < -0.3 is 19.3 Å². The van der Waals surface area contributed by atoms with E-state index < -0.39 is 0 Å². The van der Waals surface area contributed by atoms with Gasteiger partial charge in [0.25, 0.3) is 6.47 Å². The number of amides is 1. The Morgan fingerprint density at radius 2 is 0.889 bits per heavy atom. The molecule has 0 aliphatic heterocycles. The fourth-order valence-electron chi connectivity index (χ4n) is 5.24. The van der Waals surface area contributed by atoms with Crippen LogP contribution in [0.15, 0.2) is 0 Å². The minimum absolute atomic E-state index is 0.0374. The minimum Gasteiger partial charge on any atom is -0.466 e. The number of ether oxygens (including phenoxy) is 2. The topological polar surface area (TPSA) is 76.1 Å². The molecule has 45 heavy (non-hydrogen) atoms. The van der Waals surface area contributed by atoms with Gasteiger partial charge in [-0.15, -0.1) is 0 Å². The van der Waals surface area contributed by atoms with Crippen molar-refractivity contribution < 1.29 is 23.9 Å². The number of hydrogen-bond donors (Lipinski definition) is 0. The van der Waals surface area contributed by atoms with Crippen molar-refractivity contribution in [2.24, 2.45) is 0 Å². The zero-order valence-electron chi connectivity index (χ0n) is 30.7. The first-order chi connectivity index (χ1) is 21.9. The fraction of sp³-hybridized carbons (Fsp3) is 0.921. The Bertz CT molecular complexity index is 617. The molecule has 0 rings (SSSR count). The molecule has 0 atom stereocenters. The van der Waals surface area contributed by atoms with Crippen molar-refractivity contribution in [3.63, 3.8) is 0 Å². The van der Waals surface area contributed by atoms with Crippen LogP contribution < -0.4 is 0 Å². The van der Waals surface area contributed by atoms with Crippen LogP contribution in [0.4, 0.5) is 0 Å². The molecule has 0 spiro atoms. The molecule has 0 aromatic heterocycles. The first kappa shape index (κ1) is 45.5. The van der Waals surface area contributed by atoms with E-state index in [1.807, 2.05) is 19.0 Å². The summed E-state index contributed by atoms with van der Waals surface area (Å²) in [5, 5.41) is 0. The first-order valence-electron chi connectivity index (χ1n) is 19.1. The second-order valence-corrected chi connectivity index (χ2v) is 12.9. The Balaban J connectivity index is 0. The average Bonchev–Trinajstić information content (AvgIpc) is 3.03. The van der Waals surface area contributed by atoms with Gasteiger partial charge in [0, 0.05) is 19.4 Å². The first-order valence-corrected chi connectivity index (χ1v) is 19.1. The zero-order chi connectivity index (χ0) is 33.6. The lowest BCUT2D eigenvalue weighted by Gasteiger charge is -2.23. The highest BCUT2D eigenvalue weighted by molar-refractivity contribution is 5.76. The third-order valence-electron chi connectivity index (χ3n) is 8.24. The monoisotopic (exact) mass is 641 g/mol. The molecule has 0 unspecified atom stereocenters. The Morgan fingerprint density at radius 1 is 0.511 bits per heavy atom. The summed E-state index contributed by atoms with van der Waals surface area (Å²) in [6.45, 7) is 8.77. The van der Waals surface area contributed by atoms with Gasteiger partial charge >= 0.3 is 5.97 Å². The van der Waals surface area contributed by atoms with Crippen LogP contribution >= 0.6 is 0 Å². The van der Waals surface area contributed by atoms with Gasteiger partial charge in [-0.1, -0.05) is 162 Å². The summed E-state index contributed by atoms with van der Waals surface area (Å²) < 4.78 is 9.99. The number of unbranched alkanes of at least 4 members (excludes halogenated alkanes) is 21. The van der Waals surface area contributed by atoms with Crippen molar-refractivity contribution in [1.29, 1.82) is 0 Å². The number of hydrogen-bond acceptors (Lipinski definition) is 6. The van der Waals surface area contributed by atoms with E-state index in [1.165, 1.54) is 135 Å².